The summed E-state index contributed by atoms with van der Waals surface area (Å²) in [7, 11) is -8.64. The fraction of sp³-hybridized carbons (Fsp3) is 0.200. The zero-order chi connectivity index (χ0) is 41.5. The number of benzene rings is 6. The fourth-order valence-corrected chi connectivity index (χ4v) is 8.10. The number of ether oxygens (including phenoxy) is 1. The Balaban J connectivity index is 1.30. The molecule has 4 N–H and O–H groups in total. The first kappa shape index (κ1) is 41.9. The molecule has 0 saturated carbocycles. The molecule has 58 heavy (non-hydrogen) atoms. The monoisotopic (exact) mass is 820 g/mol. The third kappa shape index (κ3) is 10.2. The molecule has 6 aromatic carbocycles. The van der Waals surface area contributed by atoms with Gasteiger partial charge < -0.3 is 14.5 Å². The molecule has 0 fully saturated rings. The van der Waals surface area contributed by atoms with Crippen LogP contribution in [0.1, 0.15) is 54.5 Å². The summed E-state index contributed by atoms with van der Waals surface area (Å²) in [6.07, 6.45) is 0. The summed E-state index contributed by atoms with van der Waals surface area (Å²) in [6.45, 7) is 8.82. The van der Waals surface area contributed by atoms with E-state index in [0.717, 1.165) is 56.3 Å². The maximum absolute atomic E-state index is 11.8. The summed E-state index contributed by atoms with van der Waals surface area (Å²) in [5.74, 6) is 7.19. The van der Waals surface area contributed by atoms with Gasteiger partial charge in [-0.1, -0.05) is 60.7 Å². The van der Waals surface area contributed by atoms with Gasteiger partial charge >= 0.3 is 0 Å². The molecule has 0 spiro atoms. The average Bonchev–Trinajstić information content (AvgIpc) is 3.22. The van der Waals surface area contributed by atoms with Crippen molar-refractivity contribution >= 4 is 43.0 Å². The molecule has 0 saturated heterocycles. The van der Waals surface area contributed by atoms with Gasteiger partial charge in [-0.15, -0.1) is 0 Å². The summed E-state index contributed by atoms with van der Waals surface area (Å²) >= 11 is 0. The SMILES string of the molecule is CCOc1ccc(N(N)c2ccc(C(c3ccc(N(CC)Cc4cccc(S(=O)(=O)O)c4)cc3)c3ccc(N(CC)Cc4cccc(S(=O)(=O)O)c4)cc3)cc2)cc1. The maximum atomic E-state index is 11.8. The van der Waals surface area contributed by atoms with E-state index in [1.54, 1.807) is 17.1 Å². The Hall–Kier alpha value is -5.70. The molecule has 0 aliphatic carbocycles. The van der Waals surface area contributed by atoms with E-state index in [1.807, 2.05) is 69.3 Å². The molecule has 11 nitrogen and oxygen atoms in total. The van der Waals surface area contributed by atoms with Crippen molar-refractivity contribution in [3.8, 4) is 5.75 Å². The maximum Gasteiger partial charge on any atom is 0.294 e. The first-order chi connectivity index (χ1) is 27.8. The van der Waals surface area contributed by atoms with Crippen molar-refractivity contribution < 1.29 is 30.7 Å². The van der Waals surface area contributed by atoms with Gasteiger partial charge in [0.2, 0.25) is 0 Å². The van der Waals surface area contributed by atoms with E-state index in [1.165, 1.54) is 24.3 Å². The van der Waals surface area contributed by atoms with E-state index in [9.17, 15) is 25.9 Å². The number of nitrogens with two attached hydrogens (primary N) is 1. The standard InChI is InChI=1S/C45H48N4O7S2/c1-4-47(31-33-9-7-11-43(29-33)57(50,51)52)38-19-13-35(14-20-38)45(37-17-23-40(24-18-37)49(46)41-25-27-42(28-26-41)56-6-3)36-15-21-39(22-16-36)48(5-2)32-34-10-8-12-44(30-34)58(53,54)55/h7-30,45H,4-6,31-32,46H2,1-3H3,(H,50,51,52)(H,53,54,55). The highest BCUT2D eigenvalue weighted by Crippen LogP contribution is 2.36. The van der Waals surface area contributed by atoms with Gasteiger partial charge in [0.15, 0.2) is 0 Å². The van der Waals surface area contributed by atoms with Gasteiger partial charge in [0.25, 0.3) is 20.2 Å². The predicted octanol–water partition coefficient (Wildman–Crippen LogP) is 8.82. The molecule has 302 valence electrons. The zero-order valence-corrected chi connectivity index (χ0v) is 34.3. The van der Waals surface area contributed by atoms with Crippen LogP contribution in [-0.4, -0.2) is 45.6 Å². The van der Waals surface area contributed by atoms with E-state index in [2.05, 4.69) is 70.5 Å². The molecule has 0 amide bonds. The molecule has 0 aromatic heterocycles. The van der Waals surface area contributed by atoms with Crippen LogP contribution in [0.25, 0.3) is 0 Å². The van der Waals surface area contributed by atoms with Crippen molar-refractivity contribution in [2.75, 3.05) is 34.5 Å². The van der Waals surface area contributed by atoms with Gasteiger partial charge in [-0.3, -0.25) is 14.1 Å². The van der Waals surface area contributed by atoms with E-state index in [0.29, 0.717) is 32.8 Å². The van der Waals surface area contributed by atoms with Crippen molar-refractivity contribution in [2.24, 2.45) is 5.84 Å². The Labute approximate surface area is 341 Å². The van der Waals surface area contributed by atoms with Crippen LogP contribution in [0.15, 0.2) is 155 Å². The van der Waals surface area contributed by atoms with Gasteiger partial charge in [-0.2, -0.15) is 16.8 Å². The smallest absolute Gasteiger partial charge is 0.294 e. The number of hydrazine groups is 1. The van der Waals surface area contributed by atoms with Crippen LogP contribution in [-0.2, 0) is 33.3 Å². The molecule has 0 radical (unpaired) electrons. The van der Waals surface area contributed by atoms with E-state index >= 15 is 0 Å². The molecule has 0 aliphatic heterocycles. The van der Waals surface area contributed by atoms with Crippen molar-refractivity contribution in [3.63, 3.8) is 0 Å². The number of anilines is 4. The molecule has 0 bridgehead atoms. The molecular weight excluding hydrogens is 773 g/mol. The second kappa shape index (κ2) is 18.3. The van der Waals surface area contributed by atoms with Crippen LogP contribution in [0, 0.1) is 0 Å². The normalized spacial score (nSPS) is 11.7. The molecule has 0 aliphatic rings. The summed E-state index contributed by atoms with van der Waals surface area (Å²) in [5, 5.41) is 1.63. The molecule has 6 rings (SSSR count). The van der Waals surface area contributed by atoms with Crippen molar-refractivity contribution in [1.82, 2.24) is 0 Å². The zero-order valence-electron chi connectivity index (χ0n) is 32.6. The number of nitrogens with zero attached hydrogens (tertiary/aromatic N) is 3. The van der Waals surface area contributed by atoms with Gasteiger partial charge in [0.1, 0.15) is 5.75 Å². The lowest BCUT2D eigenvalue weighted by atomic mass is 9.85. The second-order valence-electron chi connectivity index (χ2n) is 13.8. The molecule has 0 unspecified atom stereocenters. The Morgan fingerprint density at radius 2 is 0.897 bits per heavy atom. The number of rotatable bonds is 17. The van der Waals surface area contributed by atoms with Crippen molar-refractivity contribution in [1.29, 1.82) is 0 Å². The van der Waals surface area contributed by atoms with Crippen LogP contribution in [0.5, 0.6) is 5.75 Å². The lowest BCUT2D eigenvalue weighted by molar-refractivity contribution is 0.340. The van der Waals surface area contributed by atoms with Crippen molar-refractivity contribution in [3.05, 3.63) is 173 Å². The highest BCUT2D eigenvalue weighted by Gasteiger charge is 2.20. The molecule has 13 heteroatoms. The van der Waals surface area contributed by atoms with Crippen molar-refractivity contribution in [2.45, 2.75) is 49.6 Å². The lowest BCUT2D eigenvalue weighted by Gasteiger charge is -2.26. The van der Waals surface area contributed by atoms with Gasteiger partial charge in [0, 0.05) is 43.5 Å². The van der Waals surface area contributed by atoms with Gasteiger partial charge in [0.05, 0.1) is 27.8 Å². The molecule has 0 atom stereocenters. The third-order valence-electron chi connectivity index (χ3n) is 10.0. The highest BCUT2D eigenvalue weighted by molar-refractivity contribution is 7.86. The van der Waals surface area contributed by atoms with E-state index in [-0.39, 0.29) is 15.7 Å². The van der Waals surface area contributed by atoms with Crippen LogP contribution < -0.4 is 25.4 Å². The summed E-state index contributed by atoms with van der Waals surface area (Å²) < 4.78 is 71.9. The Morgan fingerprint density at radius 1 is 0.534 bits per heavy atom. The topological polar surface area (TPSA) is 154 Å². The lowest BCUT2D eigenvalue weighted by Crippen LogP contribution is -2.24. The Morgan fingerprint density at radius 3 is 1.24 bits per heavy atom. The second-order valence-corrected chi connectivity index (χ2v) is 16.6. The average molecular weight is 821 g/mol. The Bertz CT molecular complexity index is 2390. The first-order valence-corrected chi connectivity index (χ1v) is 21.9. The molecule has 0 heterocycles. The van der Waals surface area contributed by atoms with Crippen LogP contribution in [0.3, 0.4) is 0 Å². The number of hydrogen-bond donors (Lipinski definition) is 3. The quantitative estimate of drug-likeness (QED) is 0.0350. The molecular formula is C45H48N4O7S2. The largest absolute Gasteiger partial charge is 0.494 e. The summed E-state index contributed by atoms with van der Waals surface area (Å²) in [6, 6.07) is 45.1. The first-order valence-electron chi connectivity index (χ1n) is 19.0. The third-order valence-corrected chi connectivity index (χ3v) is 11.7. The van der Waals surface area contributed by atoms with Crippen LogP contribution in [0.4, 0.5) is 22.7 Å². The predicted molar refractivity (Wildman–Crippen MR) is 230 cm³/mol. The summed E-state index contributed by atoms with van der Waals surface area (Å²) in [5.41, 5.74) is 8.21. The number of hydrogen-bond acceptors (Lipinski definition) is 9. The molecule has 6 aromatic rings. The van der Waals surface area contributed by atoms with Crippen LogP contribution in [0.2, 0.25) is 0 Å². The van der Waals surface area contributed by atoms with Crippen LogP contribution >= 0.6 is 0 Å². The minimum atomic E-state index is -4.32. The highest BCUT2D eigenvalue weighted by atomic mass is 32.2. The van der Waals surface area contributed by atoms with E-state index in [4.69, 9.17) is 10.6 Å². The minimum absolute atomic E-state index is 0.137. The summed E-state index contributed by atoms with van der Waals surface area (Å²) in [4.78, 5) is 3.99. The Kier molecular flexibility index (Phi) is 13.2. The van der Waals surface area contributed by atoms with Gasteiger partial charge in [-0.25, -0.2) is 5.84 Å². The van der Waals surface area contributed by atoms with E-state index < -0.39 is 20.2 Å². The van der Waals surface area contributed by atoms with Gasteiger partial charge in [-0.05, 0) is 134 Å². The minimum Gasteiger partial charge on any atom is -0.494 e. The fourth-order valence-electron chi connectivity index (χ4n) is 7.00.